The van der Waals surface area contributed by atoms with Gasteiger partial charge in [0, 0.05) is 43.0 Å². The topological polar surface area (TPSA) is 117 Å². The Hall–Kier alpha value is -4.12. The van der Waals surface area contributed by atoms with Gasteiger partial charge < -0.3 is 14.9 Å². The van der Waals surface area contributed by atoms with Crippen LogP contribution in [0, 0.1) is 5.82 Å². The van der Waals surface area contributed by atoms with Crippen molar-refractivity contribution in [2.75, 3.05) is 24.5 Å². The van der Waals surface area contributed by atoms with Crippen molar-refractivity contribution in [1.29, 1.82) is 0 Å². The largest absolute Gasteiger partial charge is 0.465 e. The van der Waals surface area contributed by atoms with Crippen molar-refractivity contribution in [2.24, 2.45) is 0 Å². The number of hydrogen-bond donors (Lipinski definition) is 1. The number of fused-ring (bicyclic) bond motifs is 1. The fraction of sp³-hybridized carbons (Fsp3) is 0.308. The summed E-state index contributed by atoms with van der Waals surface area (Å²) in [6, 6.07) is 7.47. The minimum atomic E-state index is -1.01. The summed E-state index contributed by atoms with van der Waals surface area (Å²) in [5.41, 5.74) is 0.642. The third kappa shape index (κ3) is 4.43. The Bertz CT molecular complexity index is 1610. The highest BCUT2D eigenvalue weighted by Gasteiger charge is 2.30. The zero-order valence-corrected chi connectivity index (χ0v) is 21.7. The number of aromatic nitrogens is 5. The molecule has 1 N–H and O–H groups in total. The minimum absolute atomic E-state index is 0.0183. The number of carboxylic acid groups (broad SMARTS) is 1. The highest BCUT2D eigenvalue weighted by Crippen LogP contribution is 2.35. The van der Waals surface area contributed by atoms with Crippen LogP contribution in [-0.2, 0) is 0 Å². The summed E-state index contributed by atoms with van der Waals surface area (Å²) in [5, 5.41) is 10.1. The van der Waals surface area contributed by atoms with Crippen LogP contribution in [0.3, 0.4) is 0 Å². The molecule has 1 amide bonds. The third-order valence-corrected chi connectivity index (χ3v) is 6.94. The number of piperazine rings is 1. The molecule has 3 aromatic heterocycles. The molecule has 1 aliphatic rings. The average molecular weight is 538 g/mol. The summed E-state index contributed by atoms with van der Waals surface area (Å²) in [7, 11) is 0. The van der Waals surface area contributed by atoms with Gasteiger partial charge in [0.15, 0.2) is 5.65 Å². The van der Waals surface area contributed by atoms with Crippen LogP contribution >= 0.6 is 11.6 Å². The quantitative estimate of drug-likeness (QED) is 0.408. The van der Waals surface area contributed by atoms with E-state index in [1.807, 2.05) is 25.7 Å². The number of halogens is 2. The maximum atomic E-state index is 14.8. The van der Waals surface area contributed by atoms with Gasteiger partial charge in [-0.15, -0.1) is 0 Å². The van der Waals surface area contributed by atoms with Crippen LogP contribution in [0.15, 0.2) is 47.7 Å². The monoisotopic (exact) mass is 537 g/mol. The molecule has 10 nitrogen and oxygen atoms in total. The zero-order chi connectivity index (χ0) is 27.1. The lowest BCUT2D eigenvalue weighted by atomic mass is 10.1. The predicted octanol–water partition coefficient (Wildman–Crippen LogP) is 4.34. The number of anilines is 1. The summed E-state index contributed by atoms with van der Waals surface area (Å²) in [4.78, 5) is 46.0. The first-order valence-corrected chi connectivity index (χ1v) is 12.5. The molecule has 1 aliphatic heterocycles. The van der Waals surface area contributed by atoms with Gasteiger partial charge in [-0.25, -0.2) is 33.5 Å². The Labute approximate surface area is 222 Å². The summed E-state index contributed by atoms with van der Waals surface area (Å²) in [6.07, 6.45) is 1.97. The van der Waals surface area contributed by atoms with Crippen molar-refractivity contribution in [1.82, 2.24) is 29.4 Å². The fourth-order valence-corrected chi connectivity index (χ4v) is 4.98. The summed E-state index contributed by atoms with van der Waals surface area (Å²) in [6.45, 7) is 6.56. The molecule has 1 atom stereocenters. The molecule has 1 saturated heterocycles. The lowest BCUT2D eigenvalue weighted by Crippen LogP contribution is -2.54. The molecule has 4 heterocycles. The SMILES string of the molecule is CC(C)c1cncnc1-n1c(=O)nc(N2CCN(C(=O)O)CC2C)c2cc(Cl)c(-c3ccccc3F)nc21. The average Bonchev–Trinajstić information content (AvgIpc) is 2.88. The lowest BCUT2D eigenvalue weighted by molar-refractivity contribution is 0.136. The number of benzene rings is 1. The predicted molar refractivity (Wildman–Crippen MR) is 142 cm³/mol. The Morgan fingerprint density at radius 1 is 1.18 bits per heavy atom. The first-order valence-electron chi connectivity index (χ1n) is 12.1. The first-order chi connectivity index (χ1) is 18.2. The molecule has 5 rings (SSSR count). The second-order valence-electron chi connectivity index (χ2n) is 9.45. The van der Waals surface area contributed by atoms with Crippen molar-refractivity contribution in [3.8, 4) is 17.1 Å². The van der Waals surface area contributed by atoms with Crippen LogP contribution < -0.4 is 10.6 Å². The van der Waals surface area contributed by atoms with Crippen LogP contribution in [-0.4, -0.2) is 66.3 Å². The molecule has 4 aromatic rings. The van der Waals surface area contributed by atoms with Gasteiger partial charge in [-0.3, -0.25) is 0 Å². The molecule has 196 valence electrons. The van der Waals surface area contributed by atoms with E-state index in [-0.39, 0.29) is 47.0 Å². The standard InChI is InChI=1S/C26H25ClFN7O3/c1-14(2)18-11-29-13-30-22(18)35-24-17(10-19(27)21(31-24)16-6-4-5-7-20(16)28)23(32-25(35)36)34-9-8-33(26(37)38)12-15(34)3/h4-7,10-11,13-15H,8-9,12H2,1-3H3,(H,37,38). The zero-order valence-electron chi connectivity index (χ0n) is 21.0. The molecule has 1 aromatic carbocycles. The second kappa shape index (κ2) is 9.97. The summed E-state index contributed by atoms with van der Waals surface area (Å²) >= 11 is 6.67. The number of amides is 1. The van der Waals surface area contributed by atoms with Gasteiger partial charge in [0.1, 0.15) is 23.8 Å². The Morgan fingerprint density at radius 2 is 1.95 bits per heavy atom. The smallest absolute Gasteiger partial charge is 0.407 e. The number of pyridine rings is 1. The van der Waals surface area contributed by atoms with Gasteiger partial charge in [0.2, 0.25) is 0 Å². The van der Waals surface area contributed by atoms with Gasteiger partial charge in [0.25, 0.3) is 0 Å². The van der Waals surface area contributed by atoms with E-state index >= 15 is 0 Å². The molecule has 1 unspecified atom stereocenters. The van der Waals surface area contributed by atoms with Crippen molar-refractivity contribution in [3.05, 3.63) is 69.7 Å². The highest BCUT2D eigenvalue weighted by molar-refractivity contribution is 6.33. The van der Waals surface area contributed by atoms with Gasteiger partial charge in [-0.1, -0.05) is 37.6 Å². The van der Waals surface area contributed by atoms with Gasteiger partial charge in [-0.2, -0.15) is 4.98 Å². The van der Waals surface area contributed by atoms with E-state index in [1.54, 1.807) is 30.5 Å². The van der Waals surface area contributed by atoms with Crippen LogP contribution in [0.5, 0.6) is 0 Å². The van der Waals surface area contributed by atoms with Crippen molar-refractivity contribution < 1.29 is 14.3 Å². The minimum Gasteiger partial charge on any atom is -0.465 e. The second-order valence-corrected chi connectivity index (χ2v) is 9.86. The lowest BCUT2D eigenvalue weighted by Gasteiger charge is -2.39. The molecular weight excluding hydrogens is 513 g/mol. The number of hydrogen-bond acceptors (Lipinski definition) is 7. The van der Waals surface area contributed by atoms with Crippen LogP contribution in [0.2, 0.25) is 5.02 Å². The van der Waals surface area contributed by atoms with Gasteiger partial charge >= 0.3 is 11.8 Å². The summed E-state index contributed by atoms with van der Waals surface area (Å²) < 4.78 is 16.1. The number of rotatable bonds is 4. The molecule has 38 heavy (non-hydrogen) atoms. The third-order valence-electron chi connectivity index (χ3n) is 6.65. The van der Waals surface area contributed by atoms with E-state index in [9.17, 15) is 19.1 Å². The van der Waals surface area contributed by atoms with Crippen molar-refractivity contribution >= 4 is 34.5 Å². The molecule has 0 aliphatic carbocycles. The van der Waals surface area contributed by atoms with E-state index in [0.717, 1.165) is 0 Å². The number of nitrogens with zero attached hydrogens (tertiary/aromatic N) is 7. The van der Waals surface area contributed by atoms with E-state index in [4.69, 9.17) is 16.6 Å². The fourth-order valence-electron chi connectivity index (χ4n) is 4.73. The molecule has 1 fully saturated rings. The maximum Gasteiger partial charge on any atom is 0.407 e. The molecule has 0 radical (unpaired) electrons. The first kappa shape index (κ1) is 25.5. The van der Waals surface area contributed by atoms with Crippen LogP contribution in [0.25, 0.3) is 28.1 Å². The van der Waals surface area contributed by atoms with Crippen molar-refractivity contribution in [2.45, 2.75) is 32.7 Å². The highest BCUT2D eigenvalue weighted by atomic mass is 35.5. The molecule has 0 spiro atoms. The van der Waals surface area contributed by atoms with Gasteiger partial charge in [-0.05, 0) is 31.0 Å². The molecular formula is C26H25ClFN7O3. The van der Waals surface area contributed by atoms with Crippen molar-refractivity contribution in [3.63, 3.8) is 0 Å². The Balaban J connectivity index is 1.81. The van der Waals surface area contributed by atoms with Gasteiger partial charge in [0.05, 0.1) is 16.1 Å². The number of carbonyl (C=O) groups is 1. The summed E-state index contributed by atoms with van der Waals surface area (Å²) in [5.74, 6) is 0.124. The maximum absolute atomic E-state index is 14.8. The molecule has 0 saturated carbocycles. The molecule has 0 bridgehead atoms. The van der Waals surface area contributed by atoms with E-state index in [2.05, 4.69) is 15.0 Å². The molecule has 12 heteroatoms. The van der Waals surface area contributed by atoms with E-state index in [1.165, 1.54) is 21.9 Å². The Kier molecular flexibility index (Phi) is 6.70. The Morgan fingerprint density at radius 3 is 2.63 bits per heavy atom. The van der Waals surface area contributed by atoms with E-state index < -0.39 is 17.6 Å². The normalized spacial score (nSPS) is 15.9. The van der Waals surface area contributed by atoms with Crippen LogP contribution in [0.1, 0.15) is 32.3 Å². The van der Waals surface area contributed by atoms with Crippen LogP contribution in [0.4, 0.5) is 15.0 Å². The van der Waals surface area contributed by atoms with E-state index in [0.29, 0.717) is 29.1 Å².